The minimum atomic E-state index is 0.519. The summed E-state index contributed by atoms with van der Waals surface area (Å²) in [6.45, 7) is 5.53. The molecule has 2 rings (SSSR count). The van der Waals surface area contributed by atoms with E-state index in [9.17, 15) is 0 Å². The molecule has 4 heteroatoms. The lowest BCUT2D eigenvalue weighted by atomic mass is 10.0. The highest BCUT2D eigenvalue weighted by atomic mass is 35.5. The molecule has 0 bridgehead atoms. The molecule has 1 fully saturated rings. The number of halogens is 1. The van der Waals surface area contributed by atoms with Gasteiger partial charge < -0.3 is 4.90 Å². The lowest BCUT2D eigenvalue weighted by molar-refractivity contribution is 0.489. The van der Waals surface area contributed by atoms with Crippen molar-refractivity contribution in [2.75, 3.05) is 11.4 Å². The van der Waals surface area contributed by atoms with Crippen LogP contribution in [0.2, 0.25) is 5.15 Å². The Balaban J connectivity index is 2.27. The summed E-state index contributed by atoms with van der Waals surface area (Å²) in [7, 11) is 0. The van der Waals surface area contributed by atoms with Gasteiger partial charge >= 0.3 is 0 Å². The Hall–Kier alpha value is -0.830. The fourth-order valence-corrected chi connectivity index (χ4v) is 2.47. The summed E-state index contributed by atoms with van der Waals surface area (Å²) < 4.78 is 0. The van der Waals surface area contributed by atoms with Crippen LogP contribution in [0.5, 0.6) is 0 Å². The number of hydrogen-bond acceptors (Lipinski definition) is 3. The highest BCUT2D eigenvalue weighted by Crippen LogP contribution is 2.31. The summed E-state index contributed by atoms with van der Waals surface area (Å²) >= 11 is 6.06. The Morgan fingerprint density at radius 2 is 2.13 bits per heavy atom. The van der Waals surface area contributed by atoms with Crippen LogP contribution in [-0.2, 0) is 0 Å². The normalized spacial score (nSPS) is 21.3. The average Bonchev–Trinajstić information content (AvgIpc) is 2.67. The predicted octanol–water partition coefficient (Wildman–Crippen LogP) is 2.75. The van der Waals surface area contributed by atoms with E-state index in [1.165, 1.54) is 12.8 Å². The zero-order valence-electron chi connectivity index (χ0n) is 9.15. The zero-order valence-corrected chi connectivity index (χ0v) is 9.91. The minimum absolute atomic E-state index is 0.519. The summed E-state index contributed by atoms with van der Waals surface area (Å²) in [5, 5.41) is 0.519. The topological polar surface area (TPSA) is 29.0 Å². The zero-order chi connectivity index (χ0) is 10.8. The second-order valence-electron chi connectivity index (χ2n) is 4.32. The molecule has 1 aromatic rings. The summed E-state index contributed by atoms with van der Waals surface area (Å²) in [6, 6.07) is 0.555. The van der Waals surface area contributed by atoms with Gasteiger partial charge in [0.1, 0.15) is 0 Å². The van der Waals surface area contributed by atoms with Crippen molar-refractivity contribution >= 4 is 17.4 Å². The first-order valence-corrected chi connectivity index (χ1v) is 5.81. The third-order valence-electron chi connectivity index (χ3n) is 2.98. The van der Waals surface area contributed by atoms with Crippen LogP contribution in [0.3, 0.4) is 0 Å². The van der Waals surface area contributed by atoms with Gasteiger partial charge in [-0.2, -0.15) is 0 Å². The number of anilines is 1. The second kappa shape index (κ2) is 4.35. The molecular formula is C11H16ClN3. The highest BCUT2D eigenvalue weighted by Gasteiger charge is 2.29. The van der Waals surface area contributed by atoms with Crippen LogP contribution in [0.1, 0.15) is 26.7 Å². The van der Waals surface area contributed by atoms with Crippen molar-refractivity contribution in [3.05, 3.63) is 17.5 Å². The fourth-order valence-electron chi connectivity index (χ4n) is 2.25. The summed E-state index contributed by atoms with van der Waals surface area (Å²) in [5.74, 6) is 1.47. The van der Waals surface area contributed by atoms with Crippen molar-refractivity contribution in [3.63, 3.8) is 0 Å². The molecule has 0 aliphatic carbocycles. The molecule has 0 radical (unpaired) electrons. The van der Waals surface area contributed by atoms with E-state index in [1.807, 2.05) is 0 Å². The molecule has 1 aliphatic heterocycles. The van der Waals surface area contributed by atoms with Gasteiger partial charge in [-0.25, -0.2) is 9.97 Å². The van der Waals surface area contributed by atoms with Crippen LogP contribution in [0.15, 0.2) is 12.4 Å². The Bertz CT molecular complexity index is 340. The maximum absolute atomic E-state index is 6.06. The van der Waals surface area contributed by atoms with E-state index in [1.54, 1.807) is 12.4 Å². The van der Waals surface area contributed by atoms with E-state index in [0.29, 0.717) is 17.1 Å². The third-order valence-corrected chi connectivity index (χ3v) is 3.24. The number of hydrogen-bond donors (Lipinski definition) is 0. The standard InChI is InChI=1S/C11H16ClN3/c1-8(2)9-4-3-7-15(9)11-10(12)13-5-6-14-11/h5-6,8-9H,3-4,7H2,1-2H3. The molecule has 0 saturated carbocycles. The van der Waals surface area contributed by atoms with Crippen LogP contribution < -0.4 is 4.90 Å². The van der Waals surface area contributed by atoms with E-state index in [4.69, 9.17) is 11.6 Å². The average molecular weight is 226 g/mol. The fraction of sp³-hybridized carbons (Fsp3) is 0.636. The Kier molecular flexibility index (Phi) is 3.10. The first-order chi connectivity index (χ1) is 7.20. The highest BCUT2D eigenvalue weighted by molar-refractivity contribution is 6.31. The van der Waals surface area contributed by atoms with Crippen molar-refractivity contribution < 1.29 is 0 Å². The quantitative estimate of drug-likeness (QED) is 0.775. The smallest absolute Gasteiger partial charge is 0.171 e. The van der Waals surface area contributed by atoms with Gasteiger partial charge in [0.25, 0.3) is 0 Å². The van der Waals surface area contributed by atoms with Gasteiger partial charge in [0.2, 0.25) is 0 Å². The van der Waals surface area contributed by atoms with E-state index < -0.39 is 0 Å². The molecule has 0 aromatic carbocycles. The molecule has 1 saturated heterocycles. The molecule has 0 amide bonds. The van der Waals surface area contributed by atoms with E-state index in [2.05, 4.69) is 28.7 Å². The molecular weight excluding hydrogens is 210 g/mol. The molecule has 82 valence electrons. The van der Waals surface area contributed by atoms with Crippen molar-refractivity contribution in [1.82, 2.24) is 9.97 Å². The molecule has 1 unspecified atom stereocenters. The van der Waals surface area contributed by atoms with Crippen LogP contribution in [-0.4, -0.2) is 22.6 Å². The molecule has 1 aromatic heterocycles. The van der Waals surface area contributed by atoms with Crippen LogP contribution in [0.25, 0.3) is 0 Å². The lowest BCUT2D eigenvalue weighted by Gasteiger charge is -2.28. The van der Waals surface area contributed by atoms with Gasteiger partial charge in [0.15, 0.2) is 11.0 Å². The van der Waals surface area contributed by atoms with Gasteiger partial charge in [-0.05, 0) is 18.8 Å². The largest absolute Gasteiger partial charge is 0.351 e. The SMILES string of the molecule is CC(C)C1CCCN1c1nccnc1Cl. The minimum Gasteiger partial charge on any atom is -0.351 e. The first kappa shape index (κ1) is 10.7. The van der Waals surface area contributed by atoms with Gasteiger partial charge in [0.05, 0.1) is 0 Å². The Morgan fingerprint density at radius 3 is 2.80 bits per heavy atom. The summed E-state index contributed by atoms with van der Waals surface area (Å²) in [5.41, 5.74) is 0. The van der Waals surface area contributed by atoms with E-state index in [0.717, 1.165) is 12.4 Å². The predicted molar refractivity (Wildman–Crippen MR) is 62.2 cm³/mol. The van der Waals surface area contributed by atoms with Crippen molar-refractivity contribution in [2.45, 2.75) is 32.7 Å². The molecule has 1 aliphatic rings. The lowest BCUT2D eigenvalue weighted by Crippen LogP contribution is -2.34. The molecule has 3 nitrogen and oxygen atoms in total. The van der Waals surface area contributed by atoms with Gasteiger partial charge in [-0.3, -0.25) is 0 Å². The Labute approximate surface area is 95.5 Å². The molecule has 2 heterocycles. The third kappa shape index (κ3) is 2.07. The number of aromatic nitrogens is 2. The second-order valence-corrected chi connectivity index (χ2v) is 4.68. The number of nitrogens with zero attached hydrogens (tertiary/aromatic N) is 3. The maximum atomic E-state index is 6.06. The molecule has 0 N–H and O–H groups in total. The summed E-state index contributed by atoms with van der Waals surface area (Å²) in [6.07, 6.45) is 5.78. The summed E-state index contributed by atoms with van der Waals surface area (Å²) in [4.78, 5) is 10.7. The van der Waals surface area contributed by atoms with Crippen LogP contribution in [0, 0.1) is 5.92 Å². The first-order valence-electron chi connectivity index (χ1n) is 5.43. The van der Waals surface area contributed by atoms with Crippen molar-refractivity contribution in [3.8, 4) is 0 Å². The monoisotopic (exact) mass is 225 g/mol. The van der Waals surface area contributed by atoms with Gasteiger partial charge in [-0.15, -0.1) is 0 Å². The van der Waals surface area contributed by atoms with Gasteiger partial charge in [-0.1, -0.05) is 25.4 Å². The van der Waals surface area contributed by atoms with Gasteiger partial charge in [0, 0.05) is 25.0 Å². The maximum Gasteiger partial charge on any atom is 0.171 e. The van der Waals surface area contributed by atoms with Crippen molar-refractivity contribution in [2.24, 2.45) is 5.92 Å². The van der Waals surface area contributed by atoms with Crippen LogP contribution in [0.4, 0.5) is 5.82 Å². The Morgan fingerprint density at radius 1 is 1.40 bits per heavy atom. The van der Waals surface area contributed by atoms with E-state index in [-0.39, 0.29) is 0 Å². The molecule has 15 heavy (non-hydrogen) atoms. The number of rotatable bonds is 2. The molecule has 1 atom stereocenters. The van der Waals surface area contributed by atoms with Crippen LogP contribution >= 0.6 is 11.6 Å². The molecule has 0 spiro atoms. The van der Waals surface area contributed by atoms with E-state index >= 15 is 0 Å². The van der Waals surface area contributed by atoms with Crippen molar-refractivity contribution in [1.29, 1.82) is 0 Å².